The molecule has 1 atom stereocenters. The van der Waals surface area contributed by atoms with E-state index in [1.165, 1.54) is 12.1 Å². The Morgan fingerprint density at radius 1 is 1.06 bits per heavy atom. The first-order valence-electron chi connectivity index (χ1n) is 5.13. The summed E-state index contributed by atoms with van der Waals surface area (Å²) >= 11 is 12.2. The van der Waals surface area contributed by atoms with Crippen LogP contribution in [0.2, 0.25) is 10.0 Å². The van der Waals surface area contributed by atoms with Crippen molar-refractivity contribution >= 4 is 23.2 Å². The van der Waals surface area contributed by atoms with Crippen LogP contribution in [0.1, 0.15) is 17.2 Å². The van der Waals surface area contributed by atoms with Gasteiger partial charge in [-0.15, -0.1) is 0 Å². The van der Waals surface area contributed by atoms with E-state index in [9.17, 15) is 4.39 Å². The molecule has 4 heteroatoms. The summed E-state index contributed by atoms with van der Waals surface area (Å²) in [7, 11) is 0. The first kappa shape index (κ1) is 11.0. The van der Waals surface area contributed by atoms with E-state index in [0.29, 0.717) is 10.0 Å². The maximum Gasteiger partial charge on any atom is 0.123 e. The van der Waals surface area contributed by atoms with Crippen molar-refractivity contribution in [2.45, 2.75) is 6.04 Å². The van der Waals surface area contributed by atoms with Gasteiger partial charge in [-0.1, -0.05) is 35.3 Å². The molecule has 0 aliphatic heterocycles. The van der Waals surface area contributed by atoms with Gasteiger partial charge in [0.15, 0.2) is 0 Å². The lowest BCUT2D eigenvalue weighted by Gasteiger charge is -2.07. The van der Waals surface area contributed by atoms with Gasteiger partial charge >= 0.3 is 0 Å². The van der Waals surface area contributed by atoms with Crippen LogP contribution < -0.4 is 5.73 Å². The largest absolute Gasteiger partial charge is 0.320 e. The van der Waals surface area contributed by atoms with Crippen molar-refractivity contribution < 1.29 is 4.39 Å². The highest BCUT2D eigenvalue weighted by molar-refractivity contribution is 6.44. The third-order valence-corrected chi connectivity index (χ3v) is 3.88. The number of hydrogen-bond acceptors (Lipinski definition) is 1. The number of halogens is 3. The van der Waals surface area contributed by atoms with Crippen molar-refractivity contribution in [2.75, 3.05) is 0 Å². The van der Waals surface area contributed by atoms with Gasteiger partial charge in [-0.2, -0.15) is 0 Å². The molecule has 0 fully saturated rings. The van der Waals surface area contributed by atoms with E-state index < -0.39 is 0 Å². The molecule has 86 valence electrons. The van der Waals surface area contributed by atoms with Crippen molar-refractivity contribution in [3.63, 3.8) is 0 Å². The van der Waals surface area contributed by atoms with Crippen LogP contribution in [0.4, 0.5) is 4.39 Å². The summed E-state index contributed by atoms with van der Waals surface area (Å²) in [4.78, 5) is 0. The van der Waals surface area contributed by atoms with Crippen molar-refractivity contribution in [3.05, 3.63) is 57.3 Å². The molecule has 0 radical (unpaired) electrons. The monoisotopic (exact) mass is 267 g/mol. The number of nitrogens with two attached hydrogens (primary N) is 1. The van der Waals surface area contributed by atoms with Gasteiger partial charge in [-0.3, -0.25) is 0 Å². The Hall–Kier alpha value is -1.09. The minimum absolute atomic E-state index is 0.297. The molecule has 0 spiro atoms. The second-order valence-electron chi connectivity index (χ2n) is 4.03. The first-order valence-corrected chi connectivity index (χ1v) is 5.88. The smallest absolute Gasteiger partial charge is 0.123 e. The summed E-state index contributed by atoms with van der Waals surface area (Å²) in [6, 6.07) is 7.75. The molecule has 3 rings (SSSR count). The van der Waals surface area contributed by atoms with Crippen LogP contribution in [0.15, 0.2) is 30.3 Å². The molecule has 0 saturated carbocycles. The maximum atomic E-state index is 13.2. The number of hydrogen-bond donors (Lipinski definition) is 1. The van der Waals surface area contributed by atoms with Gasteiger partial charge in [-0.05, 0) is 34.9 Å². The summed E-state index contributed by atoms with van der Waals surface area (Å²) in [6.45, 7) is 0. The highest BCUT2D eigenvalue weighted by atomic mass is 35.5. The van der Waals surface area contributed by atoms with Crippen LogP contribution in [-0.2, 0) is 0 Å². The average molecular weight is 268 g/mol. The highest BCUT2D eigenvalue weighted by Crippen LogP contribution is 2.47. The fourth-order valence-electron chi connectivity index (χ4n) is 2.28. The molecule has 0 bridgehead atoms. The van der Waals surface area contributed by atoms with Crippen LogP contribution in [0.25, 0.3) is 11.1 Å². The Morgan fingerprint density at radius 3 is 2.59 bits per heavy atom. The number of rotatable bonds is 0. The Balaban J connectivity index is 2.37. The number of benzene rings is 2. The average Bonchev–Trinajstić information content (AvgIpc) is 2.58. The lowest BCUT2D eigenvalue weighted by molar-refractivity contribution is 0.624. The minimum atomic E-state index is -0.342. The minimum Gasteiger partial charge on any atom is -0.320 e. The molecule has 0 saturated heterocycles. The lowest BCUT2D eigenvalue weighted by Crippen LogP contribution is -2.08. The van der Waals surface area contributed by atoms with Crippen LogP contribution in [0.5, 0.6) is 0 Å². The first-order chi connectivity index (χ1) is 8.09. The molecule has 1 aliphatic rings. The molecule has 2 aromatic carbocycles. The van der Waals surface area contributed by atoms with Crippen molar-refractivity contribution in [3.8, 4) is 11.1 Å². The van der Waals surface area contributed by atoms with Gasteiger partial charge in [0.2, 0.25) is 0 Å². The summed E-state index contributed by atoms with van der Waals surface area (Å²) in [5.41, 5.74) is 9.40. The molecular weight excluding hydrogens is 260 g/mol. The van der Waals surface area contributed by atoms with E-state index in [1.54, 1.807) is 12.1 Å². The van der Waals surface area contributed by atoms with Crippen LogP contribution in [-0.4, -0.2) is 0 Å². The third-order valence-electron chi connectivity index (χ3n) is 3.08. The van der Waals surface area contributed by atoms with Gasteiger partial charge in [-0.25, -0.2) is 4.39 Å². The Bertz CT molecular complexity index is 625. The lowest BCUT2D eigenvalue weighted by atomic mass is 10.1. The van der Waals surface area contributed by atoms with Gasteiger partial charge in [0.25, 0.3) is 0 Å². The Morgan fingerprint density at radius 2 is 1.82 bits per heavy atom. The van der Waals surface area contributed by atoms with Crippen LogP contribution in [0.3, 0.4) is 0 Å². The van der Waals surface area contributed by atoms with E-state index in [2.05, 4.69) is 0 Å². The van der Waals surface area contributed by atoms with Gasteiger partial charge in [0.05, 0.1) is 16.1 Å². The summed E-state index contributed by atoms with van der Waals surface area (Å²) in [5, 5.41) is 0.958. The van der Waals surface area contributed by atoms with Crippen LogP contribution >= 0.6 is 23.2 Å². The van der Waals surface area contributed by atoms with E-state index in [4.69, 9.17) is 28.9 Å². The summed E-state index contributed by atoms with van der Waals surface area (Å²) in [6.07, 6.45) is 0. The zero-order valence-electron chi connectivity index (χ0n) is 8.68. The van der Waals surface area contributed by atoms with Crippen molar-refractivity contribution in [1.29, 1.82) is 0 Å². The topological polar surface area (TPSA) is 26.0 Å². The molecule has 17 heavy (non-hydrogen) atoms. The predicted molar refractivity (Wildman–Crippen MR) is 67.9 cm³/mol. The fourth-order valence-corrected chi connectivity index (χ4v) is 2.72. The SMILES string of the molecule is NC1c2cc(F)ccc2-c2c1ccc(Cl)c2Cl. The Kier molecular flexibility index (Phi) is 2.40. The van der Waals surface area contributed by atoms with E-state index in [-0.39, 0.29) is 11.9 Å². The highest BCUT2D eigenvalue weighted by Gasteiger charge is 2.28. The van der Waals surface area contributed by atoms with Gasteiger partial charge < -0.3 is 5.73 Å². The molecule has 2 aromatic rings. The van der Waals surface area contributed by atoms with E-state index in [0.717, 1.165) is 22.3 Å². The van der Waals surface area contributed by atoms with Gasteiger partial charge in [0.1, 0.15) is 5.82 Å². The normalized spacial score (nSPS) is 16.8. The molecule has 2 N–H and O–H groups in total. The molecule has 0 amide bonds. The van der Waals surface area contributed by atoms with E-state index in [1.807, 2.05) is 6.07 Å². The number of fused-ring (bicyclic) bond motifs is 3. The molecule has 0 heterocycles. The van der Waals surface area contributed by atoms with Crippen molar-refractivity contribution in [1.82, 2.24) is 0 Å². The fraction of sp³-hybridized carbons (Fsp3) is 0.0769. The third kappa shape index (κ3) is 1.48. The molecule has 1 aliphatic carbocycles. The maximum absolute atomic E-state index is 13.2. The second-order valence-corrected chi connectivity index (χ2v) is 4.82. The van der Waals surface area contributed by atoms with Crippen LogP contribution in [0, 0.1) is 5.82 Å². The predicted octanol–water partition coefficient (Wildman–Crippen LogP) is 4.16. The molecular formula is C13H8Cl2FN. The molecule has 1 nitrogen and oxygen atoms in total. The quantitative estimate of drug-likeness (QED) is 0.762. The summed E-state index contributed by atoms with van der Waals surface area (Å²) in [5.74, 6) is -0.297. The van der Waals surface area contributed by atoms with Gasteiger partial charge in [0, 0.05) is 5.56 Å². The Labute approximate surface area is 108 Å². The second kappa shape index (κ2) is 3.70. The zero-order chi connectivity index (χ0) is 12.2. The summed E-state index contributed by atoms with van der Waals surface area (Å²) < 4.78 is 13.2. The standard InChI is InChI=1S/C13H8Cl2FN/c14-10-4-3-8-11(12(10)15)7-2-1-6(16)5-9(7)13(8)17/h1-5,13H,17H2. The van der Waals surface area contributed by atoms with E-state index >= 15 is 0 Å². The van der Waals surface area contributed by atoms with Crippen molar-refractivity contribution in [2.24, 2.45) is 5.73 Å². The zero-order valence-corrected chi connectivity index (χ0v) is 10.2. The molecule has 1 unspecified atom stereocenters. The molecule has 0 aromatic heterocycles.